The maximum atomic E-state index is 14.4. The maximum Gasteiger partial charge on any atom is 0.131 e. The van der Waals surface area contributed by atoms with E-state index in [-0.39, 0.29) is 5.82 Å². The molecule has 22 heavy (non-hydrogen) atoms. The van der Waals surface area contributed by atoms with Crippen molar-refractivity contribution in [2.45, 2.75) is 0 Å². The first-order chi connectivity index (χ1) is 10.7. The number of benzene rings is 3. The van der Waals surface area contributed by atoms with Crippen LogP contribution in [0.5, 0.6) is 0 Å². The average Bonchev–Trinajstić information content (AvgIpc) is 2.55. The summed E-state index contributed by atoms with van der Waals surface area (Å²) >= 11 is 0. The van der Waals surface area contributed by atoms with E-state index >= 15 is 0 Å². The number of nitrogens with zero attached hydrogens (tertiary/aromatic N) is 1. The molecule has 2 heteroatoms. The zero-order valence-electron chi connectivity index (χ0n) is 12.7. The summed E-state index contributed by atoms with van der Waals surface area (Å²) in [4.78, 5) is 2.04. The summed E-state index contributed by atoms with van der Waals surface area (Å²) < 4.78 is 14.4. The van der Waals surface area contributed by atoms with Crippen LogP contribution in [0.3, 0.4) is 0 Å². The molecule has 0 aliphatic heterocycles. The van der Waals surface area contributed by atoms with Crippen molar-refractivity contribution in [1.29, 1.82) is 0 Å². The zero-order valence-corrected chi connectivity index (χ0v) is 12.7. The van der Waals surface area contributed by atoms with Crippen LogP contribution in [0.15, 0.2) is 66.7 Å². The monoisotopic (exact) mass is 290 g/mol. The Kier molecular flexibility index (Phi) is 3.92. The van der Waals surface area contributed by atoms with Gasteiger partial charge in [0.05, 0.1) is 0 Å². The van der Waals surface area contributed by atoms with Crippen molar-refractivity contribution in [3.63, 3.8) is 0 Å². The molecule has 1 radical (unpaired) electrons. The van der Waals surface area contributed by atoms with Crippen LogP contribution in [0, 0.1) is 11.9 Å². The van der Waals surface area contributed by atoms with Crippen LogP contribution >= 0.6 is 0 Å². The standard InChI is InChI=1S/C20H17FN/c1-22(2)17-13-11-15(12-14-17)18-9-6-10-19(21)20(18)16-7-4-3-5-8-16/h3-8,10-14H,1-2H3. The molecule has 0 atom stereocenters. The fourth-order valence-electron chi connectivity index (χ4n) is 2.51. The Labute approximate surface area is 130 Å². The van der Waals surface area contributed by atoms with Gasteiger partial charge in [0, 0.05) is 30.9 Å². The van der Waals surface area contributed by atoms with E-state index in [4.69, 9.17) is 0 Å². The number of halogens is 1. The van der Waals surface area contributed by atoms with Gasteiger partial charge in [0.25, 0.3) is 0 Å². The third kappa shape index (κ3) is 2.73. The Morgan fingerprint density at radius 1 is 0.818 bits per heavy atom. The van der Waals surface area contributed by atoms with Crippen LogP contribution in [0.4, 0.5) is 10.1 Å². The van der Waals surface area contributed by atoms with Gasteiger partial charge in [0.15, 0.2) is 0 Å². The highest BCUT2D eigenvalue weighted by atomic mass is 19.1. The van der Waals surface area contributed by atoms with Gasteiger partial charge in [-0.25, -0.2) is 4.39 Å². The number of anilines is 1. The molecule has 0 bridgehead atoms. The van der Waals surface area contributed by atoms with E-state index in [2.05, 4.69) is 6.07 Å². The summed E-state index contributed by atoms with van der Waals surface area (Å²) in [6, 6.07) is 24.0. The summed E-state index contributed by atoms with van der Waals surface area (Å²) in [6.07, 6.45) is 0. The van der Waals surface area contributed by atoms with E-state index < -0.39 is 0 Å². The molecule has 3 aromatic rings. The van der Waals surface area contributed by atoms with Gasteiger partial charge in [-0.05, 0) is 35.4 Å². The van der Waals surface area contributed by atoms with Gasteiger partial charge in [0.1, 0.15) is 5.82 Å². The fraction of sp³-hybridized carbons (Fsp3) is 0.100. The van der Waals surface area contributed by atoms with E-state index in [1.54, 1.807) is 6.07 Å². The van der Waals surface area contributed by atoms with Gasteiger partial charge >= 0.3 is 0 Å². The average molecular weight is 290 g/mol. The second kappa shape index (κ2) is 6.02. The lowest BCUT2D eigenvalue weighted by molar-refractivity contribution is 0.631. The highest BCUT2D eigenvalue weighted by molar-refractivity contribution is 5.83. The first-order valence-electron chi connectivity index (χ1n) is 7.20. The third-order valence-electron chi connectivity index (χ3n) is 3.68. The third-order valence-corrected chi connectivity index (χ3v) is 3.68. The Bertz CT molecular complexity index is 761. The Morgan fingerprint density at radius 2 is 1.50 bits per heavy atom. The van der Waals surface area contributed by atoms with E-state index in [9.17, 15) is 4.39 Å². The SMILES string of the molecule is CN(C)c1ccc(-c2[c]ccc(F)c2-c2ccccc2)cc1. The highest BCUT2D eigenvalue weighted by Crippen LogP contribution is 2.34. The summed E-state index contributed by atoms with van der Waals surface area (Å²) in [5, 5.41) is 0. The molecule has 3 rings (SSSR count). The molecule has 109 valence electrons. The summed E-state index contributed by atoms with van der Waals surface area (Å²) in [5.41, 5.74) is 4.33. The van der Waals surface area contributed by atoms with Crippen LogP contribution in [-0.4, -0.2) is 14.1 Å². The molecule has 0 aliphatic carbocycles. The molecule has 0 aromatic heterocycles. The zero-order chi connectivity index (χ0) is 15.5. The molecule has 0 N–H and O–H groups in total. The molecule has 3 aromatic carbocycles. The van der Waals surface area contributed by atoms with Gasteiger partial charge < -0.3 is 4.90 Å². The quantitative estimate of drug-likeness (QED) is 0.654. The summed E-state index contributed by atoms with van der Waals surface area (Å²) in [7, 11) is 4.00. The van der Waals surface area contributed by atoms with Crippen LogP contribution in [-0.2, 0) is 0 Å². The largest absolute Gasteiger partial charge is 0.378 e. The molecular weight excluding hydrogens is 273 g/mol. The molecule has 0 saturated carbocycles. The highest BCUT2D eigenvalue weighted by Gasteiger charge is 2.12. The van der Waals surface area contributed by atoms with E-state index in [1.165, 1.54) is 6.07 Å². The molecule has 0 saturated heterocycles. The van der Waals surface area contributed by atoms with Crippen molar-refractivity contribution in [2.75, 3.05) is 19.0 Å². The first kappa shape index (κ1) is 14.3. The predicted octanol–water partition coefficient (Wildman–Crippen LogP) is 5.03. The van der Waals surface area contributed by atoms with E-state index in [0.717, 1.165) is 22.4 Å². The van der Waals surface area contributed by atoms with E-state index in [1.807, 2.05) is 73.6 Å². The molecule has 0 unspecified atom stereocenters. The number of hydrogen-bond donors (Lipinski definition) is 0. The second-order valence-electron chi connectivity index (χ2n) is 5.38. The van der Waals surface area contributed by atoms with Crippen molar-refractivity contribution in [2.24, 2.45) is 0 Å². The Hall–Kier alpha value is -2.61. The van der Waals surface area contributed by atoms with E-state index in [0.29, 0.717) is 5.56 Å². The Morgan fingerprint density at radius 3 is 2.14 bits per heavy atom. The minimum absolute atomic E-state index is 0.225. The second-order valence-corrected chi connectivity index (χ2v) is 5.38. The molecule has 0 amide bonds. The fourth-order valence-corrected chi connectivity index (χ4v) is 2.51. The first-order valence-corrected chi connectivity index (χ1v) is 7.20. The minimum Gasteiger partial charge on any atom is -0.378 e. The van der Waals surface area contributed by atoms with Crippen LogP contribution < -0.4 is 4.90 Å². The summed E-state index contributed by atoms with van der Waals surface area (Å²) in [6.45, 7) is 0. The molecule has 0 heterocycles. The van der Waals surface area contributed by atoms with Crippen molar-refractivity contribution < 1.29 is 4.39 Å². The van der Waals surface area contributed by atoms with Crippen LogP contribution in [0.25, 0.3) is 22.3 Å². The number of rotatable bonds is 3. The van der Waals surface area contributed by atoms with Gasteiger partial charge in [-0.2, -0.15) is 0 Å². The lowest BCUT2D eigenvalue weighted by Gasteiger charge is -2.14. The van der Waals surface area contributed by atoms with Crippen LogP contribution in [0.2, 0.25) is 0 Å². The van der Waals surface area contributed by atoms with Crippen molar-refractivity contribution >= 4 is 5.69 Å². The van der Waals surface area contributed by atoms with Crippen molar-refractivity contribution in [3.05, 3.63) is 78.6 Å². The maximum absolute atomic E-state index is 14.4. The number of hydrogen-bond acceptors (Lipinski definition) is 1. The molecule has 0 aliphatic rings. The summed E-state index contributed by atoms with van der Waals surface area (Å²) in [5.74, 6) is -0.225. The molecule has 0 spiro atoms. The predicted molar refractivity (Wildman–Crippen MR) is 90.4 cm³/mol. The van der Waals surface area contributed by atoms with Gasteiger partial charge in [-0.15, -0.1) is 0 Å². The smallest absolute Gasteiger partial charge is 0.131 e. The lowest BCUT2D eigenvalue weighted by Crippen LogP contribution is -2.07. The van der Waals surface area contributed by atoms with Gasteiger partial charge in [0.2, 0.25) is 0 Å². The van der Waals surface area contributed by atoms with Crippen molar-refractivity contribution in [3.8, 4) is 22.3 Å². The minimum atomic E-state index is -0.225. The molecular formula is C20H17FN. The lowest BCUT2D eigenvalue weighted by atomic mass is 9.94. The van der Waals surface area contributed by atoms with Crippen molar-refractivity contribution in [1.82, 2.24) is 0 Å². The van der Waals surface area contributed by atoms with Gasteiger partial charge in [-0.1, -0.05) is 48.5 Å². The normalized spacial score (nSPS) is 10.5. The topological polar surface area (TPSA) is 3.24 Å². The van der Waals surface area contributed by atoms with Gasteiger partial charge in [-0.3, -0.25) is 0 Å². The molecule has 0 fully saturated rings. The molecule has 1 nitrogen and oxygen atoms in total. The Balaban J connectivity index is 2.13. The van der Waals surface area contributed by atoms with Crippen LogP contribution in [0.1, 0.15) is 0 Å².